The molecule has 142 valence electrons. The fraction of sp³-hybridized carbons (Fsp3) is 0.143. The quantitative estimate of drug-likeness (QED) is 0.592. The Morgan fingerprint density at radius 2 is 1.96 bits per heavy atom. The third kappa shape index (κ3) is 5.17. The minimum Gasteiger partial charge on any atom is -0.463 e. The Balaban J connectivity index is 2.47. The second kappa shape index (κ2) is 8.49. The Hall–Kier alpha value is -3.15. The lowest BCUT2D eigenvalue weighted by Crippen LogP contribution is -2.10. The molecule has 0 spiro atoms. The maximum Gasteiger partial charge on any atom is 0.415 e. The zero-order valence-electron chi connectivity index (χ0n) is 15.1. The van der Waals surface area contributed by atoms with E-state index >= 15 is 0 Å². The lowest BCUT2D eigenvalue weighted by molar-refractivity contribution is -0.0877. The standard InChI is InChI=1S/C21H21F3N2O/c1-4-7-15-9-10-16(13-17(15)18(25)5-2)26-19(20-8-6-11-27-20)12-14(3)21(22,23)24/h4-13,26H,3,25H2,1-2H3/b7-4-,18-5+,19-12-. The summed E-state index contributed by atoms with van der Waals surface area (Å²) in [5.41, 5.74) is 8.03. The molecule has 0 aliphatic carbocycles. The summed E-state index contributed by atoms with van der Waals surface area (Å²) in [6.07, 6.45) is 3.33. The van der Waals surface area contributed by atoms with Crippen LogP contribution in [0.4, 0.5) is 18.9 Å². The Bertz CT molecular complexity index is 889. The number of benzene rings is 1. The average Bonchev–Trinajstić information content (AvgIpc) is 3.15. The van der Waals surface area contributed by atoms with Gasteiger partial charge >= 0.3 is 6.18 Å². The number of hydrogen-bond acceptors (Lipinski definition) is 3. The summed E-state index contributed by atoms with van der Waals surface area (Å²) in [4.78, 5) is 0. The molecule has 0 atom stereocenters. The Morgan fingerprint density at radius 3 is 2.52 bits per heavy atom. The average molecular weight is 374 g/mol. The van der Waals surface area contributed by atoms with E-state index in [1.165, 1.54) is 6.26 Å². The van der Waals surface area contributed by atoms with Crippen LogP contribution in [-0.4, -0.2) is 6.18 Å². The van der Waals surface area contributed by atoms with Crippen molar-refractivity contribution in [2.24, 2.45) is 5.73 Å². The van der Waals surface area contributed by atoms with Crippen molar-refractivity contribution < 1.29 is 17.6 Å². The predicted octanol–water partition coefficient (Wildman–Crippen LogP) is 6.20. The van der Waals surface area contributed by atoms with Gasteiger partial charge in [0.25, 0.3) is 0 Å². The molecule has 2 rings (SSSR count). The van der Waals surface area contributed by atoms with Gasteiger partial charge in [-0.3, -0.25) is 0 Å². The zero-order chi connectivity index (χ0) is 20.0. The third-order valence-electron chi connectivity index (χ3n) is 3.77. The molecule has 0 aliphatic heterocycles. The van der Waals surface area contributed by atoms with Gasteiger partial charge in [0.2, 0.25) is 0 Å². The summed E-state index contributed by atoms with van der Waals surface area (Å²) in [5, 5.41) is 2.97. The summed E-state index contributed by atoms with van der Waals surface area (Å²) >= 11 is 0. The van der Waals surface area contributed by atoms with Crippen LogP contribution in [0, 0.1) is 0 Å². The van der Waals surface area contributed by atoms with E-state index in [2.05, 4.69) is 11.9 Å². The minimum absolute atomic E-state index is 0.145. The summed E-state index contributed by atoms with van der Waals surface area (Å²) in [7, 11) is 0. The van der Waals surface area contributed by atoms with E-state index in [9.17, 15) is 13.2 Å². The van der Waals surface area contributed by atoms with Gasteiger partial charge in [0.1, 0.15) is 5.76 Å². The molecule has 0 saturated heterocycles. The lowest BCUT2D eigenvalue weighted by atomic mass is 10.0. The largest absolute Gasteiger partial charge is 0.463 e. The molecule has 0 unspecified atom stereocenters. The fourth-order valence-electron chi connectivity index (χ4n) is 2.38. The Labute approximate surface area is 156 Å². The van der Waals surface area contributed by atoms with Gasteiger partial charge in [-0.25, -0.2) is 0 Å². The minimum atomic E-state index is -4.53. The number of alkyl halides is 3. The fourth-order valence-corrected chi connectivity index (χ4v) is 2.38. The zero-order valence-corrected chi connectivity index (χ0v) is 15.1. The highest BCUT2D eigenvalue weighted by atomic mass is 19.4. The Kier molecular flexibility index (Phi) is 6.34. The second-order valence-electron chi connectivity index (χ2n) is 5.73. The molecule has 0 saturated carbocycles. The van der Waals surface area contributed by atoms with Crippen LogP contribution < -0.4 is 11.1 Å². The summed E-state index contributed by atoms with van der Waals surface area (Å²) < 4.78 is 44.0. The van der Waals surface area contributed by atoms with Crippen molar-refractivity contribution in [2.75, 3.05) is 5.32 Å². The number of nitrogens with two attached hydrogens (primary N) is 1. The first kappa shape index (κ1) is 20.2. The van der Waals surface area contributed by atoms with Crippen LogP contribution in [0.5, 0.6) is 0 Å². The number of anilines is 1. The molecule has 3 nitrogen and oxygen atoms in total. The molecule has 0 aliphatic rings. The number of furan rings is 1. The van der Waals surface area contributed by atoms with E-state index in [1.54, 1.807) is 30.3 Å². The van der Waals surface area contributed by atoms with E-state index in [0.29, 0.717) is 11.4 Å². The first-order valence-corrected chi connectivity index (χ1v) is 8.24. The highest BCUT2D eigenvalue weighted by molar-refractivity contribution is 5.80. The molecule has 1 aromatic carbocycles. The molecule has 0 bridgehead atoms. The third-order valence-corrected chi connectivity index (χ3v) is 3.77. The van der Waals surface area contributed by atoms with Crippen molar-refractivity contribution in [2.45, 2.75) is 20.0 Å². The molecule has 3 N–H and O–H groups in total. The molecule has 0 fully saturated rings. The van der Waals surface area contributed by atoms with Crippen molar-refractivity contribution in [3.8, 4) is 0 Å². The molecular weight excluding hydrogens is 353 g/mol. The highest BCUT2D eigenvalue weighted by Crippen LogP contribution is 2.30. The van der Waals surface area contributed by atoms with E-state index < -0.39 is 11.7 Å². The van der Waals surface area contributed by atoms with Crippen LogP contribution in [0.2, 0.25) is 0 Å². The van der Waals surface area contributed by atoms with Gasteiger partial charge in [-0.2, -0.15) is 13.2 Å². The van der Waals surface area contributed by atoms with Crippen molar-refractivity contribution >= 4 is 23.2 Å². The normalized spacial score (nSPS) is 13.2. The summed E-state index contributed by atoms with van der Waals surface area (Å²) in [6, 6.07) is 8.54. The first-order valence-electron chi connectivity index (χ1n) is 8.24. The molecule has 6 heteroatoms. The topological polar surface area (TPSA) is 51.2 Å². The molecule has 0 radical (unpaired) electrons. The van der Waals surface area contributed by atoms with Gasteiger partial charge in [0, 0.05) is 16.9 Å². The lowest BCUT2D eigenvalue weighted by Gasteiger charge is -2.14. The van der Waals surface area contributed by atoms with Gasteiger partial charge in [-0.15, -0.1) is 0 Å². The van der Waals surface area contributed by atoms with Crippen LogP contribution in [0.15, 0.2) is 71.4 Å². The number of halogens is 3. The van der Waals surface area contributed by atoms with Crippen LogP contribution in [0.1, 0.15) is 30.7 Å². The van der Waals surface area contributed by atoms with Crippen molar-refractivity contribution in [1.29, 1.82) is 0 Å². The van der Waals surface area contributed by atoms with Crippen molar-refractivity contribution in [3.05, 3.63) is 83.9 Å². The van der Waals surface area contributed by atoms with E-state index in [1.807, 2.05) is 32.1 Å². The molecule has 1 aromatic heterocycles. The molecule has 2 aromatic rings. The van der Waals surface area contributed by atoms with Crippen LogP contribution in [-0.2, 0) is 0 Å². The molecular formula is C21H21F3N2O. The van der Waals surface area contributed by atoms with Gasteiger partial charge < -0.3 is 15.5 Å². The van der Waals surface area contributed by atoms with E-state index in [0.717, 1.165) is 17.2 Å². The van der Waals surface area contributed by atoms with E-state index in [-0.39, 0.29) is 11.5 Å². The van der Waals surface area contributed by atoms with Crippen molar-refractivity contribution in [3.63, 3.8) is 0 Å². The van der Waals surface area contributed by atoms with E-state index in [4.69, 9.17) is 10.2 Å². The maximum atomic E-state index is 12.9. The number of rotatable bonds is 6. The maximum absolute atomic E-state index is 12.9. The monoisotopic (exact) mass is 374 g/mol. The molecule has 0 amide bonds. The summed E-state index contributed by atoms with van der Waals surface area (Å²) in [5.74, 6) is 0.262. The van der Waals surface area contributed by atoms with Crippen LogP contribution in [0.25, 0.3) is 17.5 Å². The predicted molar refractivity (Wildman–Crippen MR) is 104 cm³/mol. The van der Waals surface area contributed by atoms with Gasteiger partial charge in [-0.1, -0.05) is 30.9 Å². The molecule has 1 heterocycles. The van der Waals surface area contributed by atoms with Crippen molar-refractivity contribution in [1.82, 2.24) is 0 Å². The summed E-state index contributed by atoms with van der Waals surface area (Å²) in [6.45, 7) is 6.80. The highest BCUT2D eigenvalue weighted by Gasteiger charge is 2.31. The molecule has 27 heavy (non-hydrogen) atoms. The smallest absolute Gasteiger partial charge is 0.415 e. The first-order chi connectivity index (χ1) is 12.8. The Morgan fingerprint density at radius 1 is 1.22 bits per heavy atom. The van der Waals surface area contributed by atoms with Gasteiger partial charge in [-0.05, 0) is 49.8 Å². The van der Waals surface area contributed by atoms with Gasteiger partial charge in [0.05, 0.1) is 17.5 Å². The van der Waals surface area contributed by atoms with Crippen LogP contribution >= 0.6 is 0 Å². The van der Waals surface area contributed by atoms with Crippen LogP contribution in [0.3, 0.4) is 0 Å². The van der Waals surface area contributed by atoms with Gasteiger partial charge in [0.15, 0.2) is 0 Å². The number of allylic oxidation sites excluding steroid dienone is 4. The number of hydrogen-bond donors (Lipinski definition) is 2. The second-order valence-corrected chi connectivity index (χ2v) is 5.73. The number of nitrogens with one attached hydrogen (secondary N) is 1. The SMILES string of the molecule is C=C(/C=C(\Nc1ccc(/C=C\C)c(/C(N)=C\C)c1)c1ccco1)C(F)(F)F.